The maximum Gasteiger partial charge on any atom is 0.154 e. The van der Waals surface area contributed by atoms with Gasteiger partial charge in [0.2, 0.25) is 0 Å². The molecule has 0 radical (unpaired) electrons. The van der Waals surface area contributed by atoms with Gasteiger partial charge in [-0.05, 0) is 23.1 Å². The molecule has 1 aliphatic rings. The molecule has 0 fully saturated rings. The SMILES string of the molecule is c1ccc2c(c1)CNCCN2c1ncnc2ccsc12. The molecule has 3 heterocycles. The monoisotopic (exact) mass is 282 g/mol. The van der Waals surface area contributed by atoms with Crippen LogP contribution in [-0.2, 0) is 6.54 Å². The van der Waals surface area contributed by atoms with Crippen LogP contribution in [0.15, 0.2) is 42.0 Å². The Morgan fingerprint density at radius 2 is 2.10 bits per heavy atom. The fraction of sp³-hybridized carbons (Fsp3) is 0.200. The molecular weight excluding hydrogens is 268 g/mol. The molecule has 100 valence electrons. The average Bonchev–Trinajstić information content (AvgIpc) is 2.87. The van der Waals surface area contributed by atoms with Crippen molar-refractivity contribution in [3.05, 3.63) is 47.6 Å². The number of nitrogens with one attached hydrogen (secondary N) is 1. The zero-order valence-corrected chi connectivity index (χ0v) is 11.7. The van der Waals surface area contributed by atoms with Crippen molar-refractivity contribution in [1.82, 2.24) is 15.3 Å². The summed E-state index contributed by atoms with van der Waals surface area (Å²) in [6, 6.07) is 10.6. The van der Waals surface area contributed by atoms with E-state index in [0.717, 1.165) is 35.7 Å². The fourth-order valence-electron chi connectivity index (χ4n) is 2.65. The van der Waals surface area contributed by atoms with Crippen molar-refractivity contribution in [2.75, 3.05) is 18.0 Å². The van der Waals surface area contributed by atoms with Gasteiger partial charge in [0.05, 0.1) is 10.2 Å². The summed E-state index contributed by atoms with van der Waals surface area (Å²) in [7, 11) is 0. The second-order valence-electron chi connectivity index (χ2n) is 4.79. The summed E-state index contributed by atoms with van der Waals surface area (Å²) in [6.07, 6.45) is 1.66. The van der Waals surface area contributed by atoms with Gasteiger partial charge in [-0.25, -0.2) is 9.97 Å². The molecule has 2 aromatic heterocycles. The van der Waals surface area contributed by atoms with Crippen molar-refractivity contribution < 1.29 is 0 Å². The van der Waals surface area contributed by atoms with Gasteiger partial charge >= 0.3 is 0 Å². The first-order chi connectivity index (χ1) is 9.93. The van der Waals surface area contributed by atoms with Crippen LogP contribution in [0.3, 0.4) is 0 Å². The molecule has 1 aliphatic heterocycles. The largest absolute Gasteiger partial charge is 0.324 e. The number of aromatic nitrogens is 2. The van der Waals surface area contributed by atoms with E-state index in [1.54, 1.807) is 17.7 Å². The second kappa shape index (κ2) is 4.85. The van der Waals surface area contributed by atoms with Crippen LogP contribution >= 0.6 is 11.3 Å². The summed E-state index contributed by atoms with van der Waals surface area (Å²) in [6.45, 7) is 2.78. The van der Waals surface area contributed by atoms with Crippen molar-refractivity contribution in [3.8, 4) is 0 Å². The summed E-state index contributed by atoms with van der Waals surface area (Å²) in [5.74, 6) is 1.01. The highest BCUT2D eigenvalue weighted by atomic mass is 32.1. The van der Waals surface area contributed by atoms with Gasteiger partial charge in [-0.15, -0.1) is 11.3 Å². The number of rotatable bonds is 1. The van der Waals surface area contributed by atoms with Gasteiger partial charge in [0.15, 0.2) is 5.82 Å². The Hall–Kier alpha value is -1.98. The van der Waals surface area contributed by atoms with Gasteiger partial charge < -0.3 is 10.2 Å². The standard InChI is InChI=1S/C15H14N4S/c1-2-4-13-11(3-1)9-16-6-7-19(13)15-14-12(5-8-20-14)17-10-18-15/h1-5,8,10,16H,6-7,9H2. The molecule has 0 aliphatic carbocycles. The molecule has 0 amide bonds. The maximum atomic E-state index is 4.54. The number of para-hydroxylation sites is 1. The van der Waals surface area contributed by atoms with E-state index in [0.29, 0.717) is 0 Å². The number of nitrogens with zero attached hydrogens (tertiary/aromatic N) is 3. The number of fused-ring (bicyclic) bond motifs is 2. The Kier molecular flexibility index (Phi) is 2.86. The zero-order chi connectivity index (χ0) is 13.4. The highest BCUT2D eigenvalue weighted by Gasteiger charge is 2.19. The van der Waals surface area contributed by atoms with Crippen LogP contribution in [0.1, 0.15) is 5.56 Å². The molecule has 0 atom stereocenters. The number of anilines is 2. The lowest BCUT2D eigenvalue weighted by atomic mass is 10.1. The van der Waals surface area contributed by atoms with Gasteiger partial charge in [-0.1, -0.05) is 18.2 Å². The van der Waals surface area contributed by atoms with Gasteiger partial charge in [0.1, 0.15) is 6.33 Å². The van der Waals surface area contributed by atoms with Crippen molar-refractivity contribution in [3.63, 3.8) is 0 Å². The maximum absolute atomic E-state index is 4.54. The molecule has 1 N–H and O–H groups in total. The third-order valence-electron chi connectivity index (χ3n) is 3.59. The number of hydrogen-bond acceptors (Lipinski definition) is 5. The van der Waals surface area contributed by atoms with Crippen LogP contribution in [-0.4, -0.2) is 23.1 Å². The predicted molar refractivity (Wildman–Crippen MR) is 82.6 cm³/mol. The molecule has 0 saturated carbocycles. The van der Waals surface area contributed by atoms with Crippen molar-refractivity contribution in [2.24, 2.45) is 0 Å². The molecule has 0 spiro atoms. The van der Waals surface area contributed by atoms with E-state index in [4.69, 9.17) is 0 Å². The van der Waals surface area contributed by atoms with Gasteiger partial charge in [-0.2, -0.15) is 0 Å². The fourth-order valence-corrected chi connectivity index (χ4v) is 3.49. The third kappa shape index (κ3) is 1.87. The first kappa shape index (κ1) is 11.8. The van der Waals surface area contributed by atoms with E-state index in [9.17, 15) is 0 Å². The molecule has 4 rings (SSSR count). The molecule has 20 heavy (non-hydrogen) atoms. The first-order valence-corrected chi connectivity index (χ1v) is 7.56. The minimum absolute atomic E-state index is 0.908. The molecule has 1 aromatic carbocycles. The highest BCUT2D eigenvalue weighted by Crippen LogP contribution is 2.34. The van der Waals surface area contributed by atoms with E-state index in [1.165, 1.54) is 11.3 Å². The Balaban J connectivity index is 1.91. The summed E-state index contributed by atoms with van der Waals surface area (Å²) in [5, 5.41) is 5.54. The Labute approximate surface area is 121 Å². The van der Waals surface area contributed by atoms with Crippen LogP contribution in [0, 0.1) is 0 Å². The van der Waals surface area contributed by atoms with E-state index >= 15 is 0 Å². The van der Waals surface area contributed by atoms with Crippen LogP contribution < -0.4 is 10.2 Å². The van der Waals surface area contributed by atoms with Crippen molar-refractivity contribution in [1.29, 1.82) is 0 Å². The van der Waals surface area contributed by atoms with Crippen LogP contribution in [0.4, 0.5) is 11.5 Å². The summed E-state index contributed by atoms with van der Waals surface area (Å²) < 4.78 is 1.16. The minimum Gasteiger partial charge on any atom is -0.324 e. The summed E-state index contributed by atoms with van der Waals surface area (Å²) in [4.78, 5) is 11.2. The number of hydrogen-bond donors (Lipinski definition) is 1. The van der Waals surface area contributed by atoms with Gasteiger partial charge in [-0.3, -0.25) is 0 Å². The number of thiophene rings is 1. The predicted octanol–water partition coefficient (Wildman–Crippen LogP) is 2.93. The lowest BCUT2D eigenvalue weighted by Crippen LogP contribution is -2.25. The smallest absolute Gasteiger partial charge is 0.154 e. The summed E-state index contributed by atoms with van der Waals surface area (Å²) >= 11 is 1.70. The Morgan fingerprint density at radius 3 is 3.10 bits per heavy atom. The Morgan fingerprint density at radius 1 is 1.15 bits per heavy atom. The molecule has 0 saturated heterocycles. The molecule has 0 bridgehead atoms. The van der Waals surface area contributed by atoms with Crippen molar-refractivity contribution in [2.45, 2.75) is 6.54 Å². The Bertz CT molecular complexity index is 752. The molecule has 4 nitrogen and oxygen atoms in total. The molecule has 3 aromatic rings. The van der Waals surface area contributed by atoms with Crippen LogP contribution in [0.2, 0.25) is 0 Å². The van der Waals surface area contributed by atoms with E-state index < -0.39 is 0 Å². The van der Waals surface area contributed by atoms with Crippen LogP contribution in [0.5, 0.6) is 0 Å². The van der Waals surface area contributed by atoms with E-state index in [1.807, 2.05) is 6.07 Å². The van der Waals surface area contributed by atoms with E-state index in [-0.39, 0.29) is 0 Å². The molecule has 0 unspecified atom stereocenters. The van der Waals surface area contributed by atoms with Gasteiger partial charge in [0.25, 0.3) is 0 Å². The normalized spacial score (nSPS) is 15.1. The quantitative estimate of drug-likeness (QED) is 0.745. The lowest BCUT2D eigenvalue weighted by molar-refractivity contribution is 0.711. The summed E-state index contributed by atoms with van der Waals surface area (Å²) in [5.41, 5.74) is 3.58. The topological polar surface area (TPSA) is 41.0 Å². The third-order valence-corrected chi connectivity index (χ3v) is 4.49. The van der Waals surface area contributed by atoms with Crippen LogP contribution in [0.25, 0.3) is 10.2 Å². The van der Waals surface area contributed by atoms with Crippen molar-refractivity contribution >= 4 is 33.1 Å². The first-order valence-electron chi connectivity index (χ1n) is 6.68. The zero-order valence-electron chi connectivity index (χ0n) is 10.9. The molecule has 5 heteroatoms. The number of benzene rings is 1. The minimum atomic E-state index is 0.908. The van der Waals surface area contributed by atoms with Gasteiger partial charge in [0, 0.05) is 25.3 Å². The van der Waals surface area contributed by atoms with E-state index in [2.05, 4.69) is 49.8 Å². The molecular formula is C15H14N4S. The lowest BCUT2D eigenvalue weighted by Gasteiger charge is -2.23. The highest BCUT2D eigenvalue weighted by molar-refractivity contribution is 7.17. The second-order valence-corrected chi connectivity index (χ2v) is 5.71. The average molecular weight is 282 g/mol.